The van der Waals surface area contributed by atoms with E-state index >= 15 is 0 Å². The molecule has 2 aromatic rings. The van der Waals surface area contributed by atoms with Gasteiger partial charge < -0.3 is 9.30 Å². The fraction of sp³-hybridized carbons (Fsp3) is 0.238. The zero-order valence-corrected chi connectivity index (χ0v) is 14.9. The first-order valence-electron chi connectivity index (χ1n) is 8.29. The van der Waals surface area contributed by atoms with Crippen LogP contribution in [0.2, 0.25) is 0 Å². The van der Waals surface area contributed by atoms with Crippen LogP contribution in [0.15, 0.2) is 59.7 Å². The molecule has 1 atom stereocenters. The molecular formula is C21H21NO3. The number of aryl methyl sites for hydroxylation is 1. The molecule has 0 N–H and O–H groups in total. The second kappa shape index (κ2) is 6.55. The summed E-state index contributed by atoms with van der Waals surface area (Å²) in [6, 6.07) is 11.9. The summed E-state index contributed by atoms with van der Waals surface area (Å²) < 4.78 is 7.03. The number of ether oxygens (including phenoxy) is 1. The molecule has 1 aromatic heterocycles. The summed E-state index contributed by atoms with van der Waals surface area (Å²) in [6.07, 6.45) is 3.68. The van der Waals surface area contributed by atoms with E-state index < -0.39 is 17.9 Å². The molecule has 0 bridgehead atoms. The highest BCUT2D eigenvalue weighted by Gasteiger charge is 2.42. The Morgan fingerprint density at radius 3 is 2.48 bits per heavy atom. The average Bonchev–Trinajstić information content (AvgIpc) is 3.03. The van der Waals surface area contributed by atoms with Gasteiger partial charge in [0.15, 0.2) is 0 Å². The van der Waals surface area contributed by atoms with E-state index in [1.165, 1.54) is 0 Å². The summed E-state index contributed by atoms with van der Waals surface area (Å²) in [5, 5.41) is 0. The van der Waals surface area contributed by atoms with Crippen LogP contribution in [0.3, 0.4) is 0 Å². The second-order valence-electron chi connectivity index (χ2n) is 6.24. The van der Waals surface area contributed by atoms with Crippen LogP contribution in [0, 0.1) is 13.8 Å². The van der Waals surface area contributed by atoms with E-state index in [-0.39, 0.29) is 0 Å². The van der Waals surface area contributed by atoms with Crippen molar-refractivity contribution >= 4 is 11.9 Å². The fourth-order valence-electron chi connectivity index (χ4n) is 3.51. The molecule has 4 nitrogen and oxygen atoms in total. The Kier molecular flexibility index (Phi) is 4.45. The van der Waals surface area contributed by atoms with Crippen LogP contribution in [0.1, 0.15) is 36.7 Å². The third-order valence-corrected chi connectivity index (χ3v) is 4.57. The molecule has 0 aliphatic carbocycles. The summed E-state index contributed by atoms with van der Waals surface area (Å²) in [4.78, 5) is 24.6. The van der Waals surface area contributed by atoms with E-state index in [1.54, 1.807) is 0 Å². The molecule has 1 aromatic carbocycles. The first-order chi connectivity index (χ1) is 12.0. The zero-order valence-electron chi connectivity index (χ0n) is 14.9. The summed E-state index contributed by atoms with van der Waals surface area (Å²) in [5.41, 5.74) is 4.97. The van der Waals surface area contributed by atoms with Crippen molar-refractivity contribution in [1.82, 2.24) is 4.57 Å². The number of carbonyl (C=O) groups is 2. The number of aromatic nitrogens is 1. The van der Waals surface area contributed by atoms with E-state index in [0.717, 1.165) is 28.2 Å². The molecule has 0 amide bonds. The van der Waals surface area contributed by atoms with Gasteiger partial charge in [0.05, 0.1) is 5.57 Å². The molecule has 1 aliphatic heterocycles. The Morgan fingerprint density at radius 2 is 1.84 bits per heavy atom. The lowest BCUT2D eigenvalue weighted by Gasteiger charge is -2.12. The monoisotopic (exact) mass is 335 g/mol. The van der Waals surface area contributed by atoms with Crippen LogP contribution in [-0.4, -0.2) is 16.5 Å². The van der Waals surface area contributed by atoms with Crippen LogP contribution >= 0.6 is 0 Å². The van der Waals surface area contributed by atoms with Crippen LogP contribution in [0.5, 0.6) is 0 Å². The quantitative estimate of drug-likeness (QED) is 0.481. The first kappa shape index (κ1) is 17.0. The van der Waals surface area contributed by atoms with Crippen molar-refractivity contribution in [1.29, 1.82) is 0 Å². The number of allylic oxidation sites excluding steroid dienone is 3. The molecule has 4 heteroatoms. The third-order valence-electron chi connectivity index (χ3n) is 4.57. The highest BCUT2D eigenvalue weighted by molar-refractivity contribution is 6.11. The molecule has 3 rings (SSSR count). The van der Waals surface area contributed by atoms with Gasteiger partial charge >= 0.3 is 11.9 Å². The molecule has 1 saturated heterocycles. The minimum Gasteiger partial charge on any atom is -0.389 e. The van der Waals surface area contributed by atoms with E-state index in [2.05, 4.69) is 4.57 Å². The predicted molar refractivity (Wildman–Crippen MR) is 96.6 cm³/mol. The van der Waals surface area contributed by atoms with Gasteiger partial charge in [-0.1, -0.05) is 30.4 Å². The zero-order chi connectivity index (χ0) is 18.1. The van der Waals surface area contributed by atoms with Crippen molar-refractivity contribution in [3.63, 3.8) is 0 Å². The Balaban J connectivity index is 2.18. The maximum absolute atomic E-state index is 12.4. The third kappa shape index (κ3) is 2.84. The normalized spacial score (nSPS) is 19.6. The lowest BCUT2D eigenvalue weighted by atomic mass is 9.90. The number of benzene rings is 1. The number of rotatable bonds is 3. The molecular weight excluding hydrogens is 314 g/mol. The highest BCUT2D eigenvalue weighted by atomic mass is 16.6. The SMILES string of the molecule is CC=C/C(C)=C1/C(=O)OC(=O)C1c1cc(C)n(-c2ccccc2)c1C. The van der Waals surface area contributed by atoms with Crippen LogP contribution in [0.25, 0.3) is 5.69 Å². The minimum atomic E-state index is -0.674. The number of para-hydroxylation sites is 1. The molecule has 0 saturated carbocycles. The molecule has 0 radical (unpaired) electrons. The molecule has 1 aliphatic rings. The summed E-state index contributed by atoms with van der Waals surface area (Å²) in [5.74, 6) is -1.72. The minimum absolute atomic E-state index is 0.427. The predicted octanol–water partition coefficient (Wildman–Crippen LogP) is 4.15. The van der Waals surface area contributed by atoms with Crippen molar-refractivity contribution in [2.45, 2.75) is 33.6 Å². The summed E-state index contributed by atoms with van der Waals surface area (Å²) >= 11 is 0. The number of esters is 2. The number of carbonyl (C=O) groups excluding carboxylic acids is 2. The van der Waals surface area contributed by atoms with Gasteiger partial charge in [-0.05, 0) is 57.0 Å². The lowest BCUT2D eigenvalue weighted by molar-refractivity contribution is -0.151. The van der Waals surface area contributed by atoms with Gasteiger partial charge in [0.2, 0.25) is 0 Å². The molecule has 25 heavy (non-hydrogen) atoms. The number of hydrogen-bond acceptors (Lipinski definition) is 3. The second-order valence-corrected chi connectivity index (χ2v) is 6.24. The van der Waals surface area contributed by atoms with E-state index in [9.17, 15) is 9.59 Å². The summed E-state index contributed by atoms with van der Waals surface area (Å²) in [6.45, 7) is 7.67. The van der Waals surface area contributed by atoms with Gasteiger partial charge in [0.25, 0.3) is 0 Å². The van der Waals surface area contributed by atoms with E-state index in [4.69, 9.17) is 4.74 Å². The van der Waals surface area contributed by atoms with Crippen LogP contribution in [-0.2, 0) is 14.3 Å². The Hall–Kier alpha value is -2.88. The largest absolute Gasteiger partial charge is 0.389 e. The average molecular weight is 335 g/mol. The van der Waals surface area contributed by atoms with E-state index in [1.807, 2.05) is 76.2 Å². The Bertz CT molecular complexity index is 901. The lowest BCUT2D eigenvalue weighted by Crippen LogP contribution is -2.10. The topological polar surface area (TPSA) is 48.3 Å². The van der Waals surface area contributed by atoms with Gasteiger partial charge in [0, 0.05) is 17.1 Å². The van der Waals surface area contributed by atoms with Gasteiger partial charge in [0.1, 0.15) is 5.92 Å². The summed E-state index contributed by atoms with van der Waals surface area (Å²) in [7, 11) is 0. The first-order valence-corrected chi connectivity index (χ1v) is 8.29. The maximum Gasteiger partial charge on any atom is 0.343 e. The van der Waals surface area contributed by atoms with Crippen molar-refractivity contribution in [2.75, 3.05) is 0 Å². The maximum atomic E-state index is 12.4. The Labute approximate surface area is 147 Å². The molecule has 128 valence electrons. The van der Waals surface area contributed by atoms with Crippen molar-refractivity contribution in [3.05, 3.63) is 76.6 Å². The standard InChI is InChI=1S/C21H21NO3/c1-5-9-13(2)18-19(21(24)25-20(18)23)17-12-14(3)22(15(17)4)16-10-7-6-8-11-16/h5-12,19H,1-4H3/b9-5?,18-13+. The van der Waals surface area contributed by atoms with Crippen molar-refractivity contribution in [2.24, 2.45) is 0 Å². The number of hydrogen-bond donors (Lipinski definition) is 0. The smallest absolute Gasteiger partial charge is 0.343 e. The Morgan fingerprint density at radius 1 is 1.16 bits per heavy atom. The molecule has 0 spiro atoms. The highest BCUT2D eigenvalue weighted by Crippen LogP contribution is 2.38. The van der Waals surface area contributed by atoms with Gasteiger partial charge in [-0.25, -0.2) is 4.79 Å². The van der Waals surface area contributed by atoms with E-state index in [0.29, 0.717) is 5.57 Å². The molecule has 1 fully saturated rings. The number of cyclic esters (lactones) is 2. The van der Waals surface area contributed by atoms with Gasteiger partial charge in [-0.3, -0.25) is 4.79 Å². The molecule has 2 heterocycles. The van der Waals surface area contributed by atoms with Crippen LogP contribution < -0.4 is 0 Å². The van der Waals surface area contributed by atoms with Gasteiger partial charge in [-0.2, -0.15) is 0 Å². The molecule has 1 unspecified atom stereocenters. The van der Waals surface area contributed by atoms with Gasteiger partial charge in [-0.15, -0.1) is 0 Å². The fourth-order valence-corrected chi connectivity index (χ4v) is 3.51. The number of nitrogens with zero attached hydrogens (tertiary/aromatic N) is 1. The van der Waals surface area contributed by atoms with Crippen LogP contribution in [0.4, 0.5) is 0 Å². The van der Waals surface area contributed by atoms with Crippen molar-refractivity contribution < 1.29 is 14.3 Å². The van der Waals surface area contributed by atoms with Crippen molar-refractivity contribution in [3.8, 4) is 5.69 Å².